The topological polar surface area (TPSA) is 42.4 Å². The predicted molar refractivity (Wildman–Crippen MR) is 104 cm³/mol. The molecule has 0 spiro atoms. The number of pyridine rings is 1. The van der Waals surface area contributed by atoms with Gasteiger partial charge in [0.1, 0.15) is 16.6 Å². The highest BCUT2D eigenvalue weighted by Gasteiger charge is 2.25. The second kappa shape index (κ2) is 8.74. The summed E-state index contributed by atoms with van der Waals surface area (Å²) in [5, 5.41) is 0.633. The van der Waals surface area contributed by atoms with Gasteiger partial charge in [-0.25, -0.2) is 4.98 Å². The largest absolute Gasteiger partial charge is 0.497 e. The Balaban J connectivity index is 1.50. The average molecular weight is 393 g/mol. The summed E-state index contributed by atoms with van der Waals surface area (Å²) in [6, 6.07) is 11.4. The van der Waals surface area contributed by atoms with Gasteiger partial charge in [0.2, 0.25) is 0 Å². The Hall–Kier alpha value is -1.78. The maximum atomic E-state index is 12.6. The molecule has 26 heavy (non-hydrogen) atoms. The highest BCUT2D eigenvalue weighted by Crippen LogP contribution is 2.25. The second-order valence-electron chi connectivity index (χ2n) is 6.59. The van der Waals surface area contributed by atoms with E-state index in [9.17, 15) is 4.79 Å². The number of hydrogen-bond donors (Lipinski definition) is 0. The van der Waals surface area contributed by atoms with Crippen molar-refractivity contribution < 1.29 is 9.53 Å². The van der Waals surface area contributed by atoms with Crippen LogP contribution in [-0.2, 0) is 6.42 Å². The molecule has 0 unspecified atom stereocenters. The molecule has 0 atom stereocenters. The molecule has 138 valence electrons. The molecule has 1 aliphatic heterocycles. The summed E-state index contributed by atoms with van der Waals surface area (Å²) in [6.45, 7) is 1.47. The number of rotatable bonds is 5. The summed E-state index contributed by atoms with van der Waals surface area (Å²) in [5.41, 5.74) is 1.56. The minimum Gasteiger partial charge on any atom is -0.497 e. The third kappa shape index (κ3) is 4.68. The quantitative estimate of drug-likeness (QED) is 0.680. The normalized spacial score (nSPS) is 15.1. The van der Waals surface area contributed by atoms with Crippen molar-refractivity contribution in [2.75, 3.05) is 20.2 Å². The molecule has 0 saturated carbocycles. The van der Waals surface area contributed by atoms with Crippen LogP contribution in [0.3, 0.4) is 0 Å². The van der Waals surface area contributed by atoms with Crippen LogP contribution in [0.15, 0.2) is 36.4 Å². The Morgan fingerprint density at radius 2 is 1.85 bits per heavy atom. The van der Waals surface area contributed by atoms with Crippen LogP contribution in [0.25, 0.3) is 0 Å². The number of nitrogens with zero attached hydrogens (tertiary/aromatic N) is 2. The van der Waals surface area contributed by atoms with Gasteiger partial charge in [-0.1, -0.05) is 35.3 Å². The average Bonchev–Trinajstić information content (AvgIpc) is 2.68. The third-order valence-corrected chi connectivity index (χ3v) is 5.43. The maximum absolute atomic E-state index is 12.6. The number of hydrogen-bond acceptors (Lipinski definition) is 3. The highest BCUT2D eigenvalue weighted by atomic mass is 35.5. The van der Waals surface area contributed by atoms with Crippen molar-refractivity contribution >= 4 is 29.1 Å². The fourth-order valence-corrected chi connectivity index (χ4v) is 3.64. The summed E-state index contributed by atoms with van der Waals surface area (Å²) >= 11 is 12.0. The molecule has 6 heteroatoms. The number of halogens is 2. The summed E-state index contributed by atoms with van der Waals surface area (Å²) in [4.78, 5) is 18.5. The van der Waals surface area contributed by atoms with E-state index in [1.165, 1.54) is 5.56 Å². The number of ether oxygens (including phenoxy) is 1. The highest BCUT2D eigenvalue weighted by molar-refractivity contribution is 6.34. The summed E-state index contributed by atoms with van der Waals surface area (Å²) in [7, 11) is 1.68. The number of aryl methyl sites for hydroxylation is 1. The molecule has 1 saturated heterocycles. The first-order valence-corrected chi connectivity index (χ1v) is 9.56. The van der Waals surface area contributed by atoms with Gasteiger partial charge in [0.05, 0.1) is 12.1 Å². The standard InChI is InChI=1S/C20H22Cl2N2O2/c1-26-16-6-4-14(5-7-16)2-3-15-10-12-24(13-11-15)20(25)19-17(21)8-9-18(22)23-19/h4-9,15H,2-3,10-13H2,1H3. The Morgan fingerprint density at radius 3 is 2.50 bits per heavy atom. The van der Waals surface area contributed by atoms with E-state index in [4.69, 9.17) is 27.9 Å². The van der Waals surface area contributed by atoms with Gasteiger partial charge < -0.3 is 9.64 Å². The van der Waals surface area contributed by atoms with Crippen molar-refractivity contribution in [2.24, 2.45) is 5.92 Å². The number of piperidine rings is 1. The molecule has 1 aromatic carbocycles. The van der Waals surface area contributed by atoms with Crippen molar-refractivity contribution in [3.8, 4) is 5.75 Å². The van der Waals surface area contributed by atoms with Crippen LogP contribution < -0.4 is 4.74 Å². The van der Waals surface area contributed by atoms with E-state index in [0.29, 0.717) is 10.9 Å². The first-order valence-electron chi connectivity index (χ1n) is 8.81. The zero-order valence-corrected chi connectivity index (χ0v) is 16.3. The SMILES string of the molecule is COc1ccc(CCC2CCN(C(=O)c3nc(Cl)ccc3Cl)CC2)cc1. The van der Waals surface area contributed by atoms with Crippen LogP contribution in [0.2, 0.25) is 10.2 Å². The molecular formula is C20H22Cl2N2O2. The Labute approximate surface area is 164 Å². The molecule has 4 nitrogen and oxygen atoms in total. The van der Waals surface area contributed by atoms with Gasteiger partial charge in [0.15, 0.2) is 0 Å². The van der Waals surface area contributed by atoms with E-state index >= 15 is 0 Å². The summed E-state index contributed by atoms with van der Waals surface area (Å²) < 4.78 is 5.19. The van der Waals surface area contributed by atoms with Crippen molar-refractivity contribution in [1.29, 1.82) is 0 Å². The molecule has 2 aromatic rings. The minimum absolute atomic E-state index is 0.133. The number of aromatic nitrogens is 1. The van der Waals surface area contributed by atoms with Crippen LogP contribution in [0.5, 0.6) is 5.75 Å². The number of benzene rings is 1. The van der Waals surface area contributed by atoms with E-state index in [-0.39, 0.29) is 16.8 Å². The van der Waals surface area contributed by atoms with Crippen molar-refractivity contribution in [3.63, 3.8) is 0 Å². The predicted octanol–water partition coefficient (Wildman–Crippen LogP) is 4.88. The zero-order valence-electron chi connectivity index (χ0n) is 14.8. The number of carbonyl (C=O) groups is 1. The van der Waals surface area contributed by atoms with Gasteiger partial charge in [-0.2, -0.15) is 0 Å². The van der Waals surface area contributed by atoms with Gasteiger partial charge in [-0.15, -0.1) is 0 Å². The first-order chi connectivity index (χ1) is 12.6. The minimum atomic E-state index is -0.133. The molecule has 2 heterocycles. The molecule has 1 aliphatic rings. The summed E-state index contributed by atoms with van der Waals surface area (Å²) in [6.07, 6.45) is 4.18. The smallest absolute Gasteiger partial charge is 0.274 e. The van der Waals surface area contributed by atoms with Gasteiger partial charge in [-0.3, -0.25) is 4.79 Å². The van der Waals surface area contributed by atoms with Crippen LogP contribution in [0, 0.1) is 5.92 Å². The van der Waals surface area contributed by atoms with Crippen molar-refractivity contribution in [1.82, 2.24) is 9.88 Å². The van der Waals surface area contributed by atoms with Gasteiger partial charge >= 0.3 is 0 Å². The van der Waals surface area contributed by atoms with E-state index in [1.54, 1.807) is 19.2 Å². The Bertz CT molecular complexity index is 757. The van der Waals surface area contributed by atoms with Crippen LogP contribution >= 0.6 is 23.2 Å². The van der Waals surface area contributed by atoms with Gasteiger partial charge in [0, 0.05) is 13.1 Å². The lowest BCUT2D eigenvalue weighted by Crippen LogP contribution is -2.39. The van der Waals surface area contributed by atoms with Crippen molar-refractivity contribution in [2.45, 2.75) is 25.7 Å². The van der Waals surface area contributed by atoms with E-state index in [0.717, 1.165) is 44.5 Å². The molecule has 1 aromatic heterocycles. The van der Waals surface area contributed by atoms with Crippen LogP contribution in [-0.4, -0.2) is 36.0 Å². The van der Waals surface area contributed by atoms with E-state index in [1.807, 2.05) is 17.0 Å². The van der Waals surface area contributed by atoms with Gasteiger partial charge in [-0.05, 0) is 61.4 Å². The number of carbonyl (C=O) groups excluding carboxylic acids is 1. The maximum Gasteiger partial charge on any atom is 0.274 e. The molecular weight excluding hydrogens is 371 g/mol. The molecule has 1 amide bonds. The van der Waals surface area contributed by atoms with Crippen molar-refractivity contribution in [3.05, 3.63) is 57.8 Å². The van der Waals surface area contributed by atoms with Gasteiger partial charge in [0.25, 0.3) is 5.91 Å². The first kappa shape index (κ1) is 19.0. The molecule has 0 aliphatic carbocycles. The molecule has 0 N–H and O–H groups in total. The van der Waals surface area contributed by atoms with Crippen LogP contribution in [0.1, 0.15) is 35.3 Å². The lowest BCUT2D eigenvalue weighted by atomic mass is 9.90. The number of methoxy groups -OCH3 is 1. The lowest BCUT2D eigenvalue weighted by molar-refractivity contribution is 0.0681. The number of amides is 1. The second-order valence-corrected chi connectivity index (χ2v) is 7.38. The third-order valence-electron chi connectivity index (χ3n) is 4.92. The molecule has 0 bridgehead atoms. The van der Waals surface area contributed by atoms with E-state index < -0.39 is 0 Å². The molecule has 1 fully saturated rings. The Morgan fingerprint density at radius 1 is 1.15 bits per heavy atom. The lowest BCUT2D eigenvalue weighted by Gasteiger charge is -2.32. The fraction of sp³-hybridized carbons (Fsp3) is 0.400. The number of likely N-dealkylation sites (tertiary alicyclic amines) is 1. The monoisotopic (exact) mass is 392 g/mol. The Kier molecular flexibility index (Phi) is 6.38. The zero-order chi connectivity index (χ0) is 18.5. The fourth-order valence-electron chi connectivity index (χ4n) is 3.31. The molecule has 0 radical (unpaired) electrons. The van der Waals surface area contributed by atoms with E-state index in [2.05, 4.69) is 17.1 Å². The van der Waals surface area contributed by atoms with Crippen LogP contribution in [0.4, 0.5) is 0 Å². The molecule has 3 rings (SSSR count). The summed E-state index contributed by atoms with van der Waals surface area (Å²) in [5.74, 6) is 1.38.